The van der Waals surface area contributed by atoms with Gasteiger partial charge in [-0.25, -0.2) is 9.97 Å². The highest BCUT2D eigenvalue weighted by Gasteiger charge is 2.14. The summed E-state index contributed by atoms with van der Waals surface area (Å²) >= 11 is 0. The smallest absolute Gasteiger partial charge is 0.230 e. The number of hydrogen-bond acceptors (Lipinski definition) is 5. The largest absolute Gasteiger partial charge is 0.497 e. The third kappa shape index (κ3) is 5.55. The first-order valence-corrected chi connectivity index (χ1v) is 10.1. The summed E-state index contributed by atoms with van der Waals surface area (Å²) in [6.45, 7) is 4.05. The van der Waals surface area contributed by atoms with Crippen LogP contribution < -0.4 is 9.64 Å². The third-order valence-electron chi connectivity index (χ3n) is 4.89. The average Bonchev–Trinajstić information content (AvgIpc) is 2.76. The van der Waals surface area contributed by atoms with Gasteiger partial charge in [0.25, 0.3) is 0 Å². The van der Waals surface area contributed by atoms with Crippen LogP contribution in [0.4, 0.5) is 11.6 Å². The Labute approximate surface area is 174 Å². The number of methoxy groups -OCH3 is 1. The molecule has 0 aliphatic rings. The number of hydrogen-bond donors (Lipinski definition) is 0. The molecule has 0 saturated carbocycles. The fourth-order valence-corrected chi connectivity index (χ4v) is 3.23. The van der Waals surface area contributed by atoms with Crippen LogP contribution in [-0.4, -0.2) is 49.2 Å². The molecular weight excluding hydrogens is 360 g/mol. The van der Waals surface area contributed by atoms with Crippen molar-refractivity contribution in [1.82, 2.24) is 14.9 Å². The Kier molecular flexibility index (Phi) is 7.19. The van der Waals surface area contributed by atoms with Crippen molar-refractivity contribution < 1.29 is 4.74 Å². The van der Waals surface area contributed by atoms with Gasteiger partial charge in [-0.3, -0.25) is 0 Å². The molecule has 2 aromatic carbocycles. The first-order chi connectivity index (χ1) is 14.1. The molecule has 0 unspecified atom stereocenters. The van der Waals surface area contributed by atoms with E-state index >= 15 is 0 Å². The number of nitrogens with zero attached hydrogens (tertiary/aromatic N) is 4. The minimum atomic E-state index is 0.727. The summed E-state index contributed by atoms with van der Waals surface area (Å²) in [4.78, 5) is 13.9. The Balaban J connectivity index is 1.93. The molecular formula is C24H30N4O. The Hall–Kier alpha value is -2.92. The zero-order valence-electron chi connectivity index (χ0n) is 17.8. The van der Waals surface area contributed by atoms with Gasteiger partial charge < -0.3 is 14.5 Å². The van der Waals surface area contributed by atoms with Crippen molar-refractivity contribution in [3.05, 3.63) is 66.4 Å². The molecule has 152 valence electrons. The van der Waals surface area contributed by atoms with Crippen LogP contribution >= 0.6 is 0 Å². The summed E-state index contributed by atoms with van der Waals surface area (Å²) in [6.07, 6.45) is 3.87. The first-order valence-electron chi connectivity index (χ1n) is 10.1. The fourth-order valence-electron chi connectivity index (χ4n) is 3.23. The van der Waals surface area contributed by atoms with Crippen molar-refractivity contribution >= 4 is 11.6 Å². The maximum absolute atomic E-state index is 5.27. The monoisotopic (exact) mass is 390 g/mol. The standard InChI is InChI=1S/C24H30N4O/c1-5-19-8-6-9-21(18-19)28(17-7-16-27(2)3)24-25-15-14-23(26-24)20-10-12-22(29-4)13-11-20/h6,8-15,18H,5,7,16-17H2,1-4H3. The maximum Gasteiger partial charge on any atom is 0.230 e. The second kappa shape index (κ2) is 10.0. The molecule has 0 amide bonds. The van der Waals surface area contributed by atoms with Gasteiger partial charge in [0.15, 0.2) is 0 Å². The molecule has 29 heavy (non-hydrogen) atoms. The molecule has 0 atom stereocenters. The second-order valence-electron chi connectivity index (χ2n) is 7.30. The topological polar surface area (TPSA) is 41.5 Å². The highest BCUT2D eigenvalue weighted by molar-refractivity contribution is 5.64. The van der Waals surface area contributed by atoms with Crippen LogP contribution in [0.25, 0.3) is 11.3 Å². The van der Waals surface area contributed by atoms with E-state index in [4.69, 9.17) is 9.72 Å². The van der Waals surface area contributed by atoms with Crippen molar-refractivity contribution in [3.63, 3.8) is 0 Å². The summed E-state index contributed by atoms with van der Waals surface area (Å²) in [6, 6.07) is 18.6. The van der Waals surface area contributed by atoms with Gasteiger partial charge in [-0.05, 0) is 81.5 Å². The van der Waals surface area contributed by atoms with Crippen LogP contribution in [0.1, 0.15) is 18.9 Å². The van der Waals surface area contributed by atoms with E-state index in [1.54, 1.807) is 7.11 Å². The van der Waals surface area contributed by atoms with E-state index in [-0.39, 0.29) is 0 Å². The van der Waals surface area contributed by atoms with E-state index in [2.05, 4.69) is 60.1 Å². The summed E-state index contributed by atoms with van der Waals surface area (Å²) < 4.78 is 5.27. The van der Waals surface area contributed by atoms with Crippen molar-refractivity contribution in [2.75, 3.05) is 39.2 Å². The second-order valence-corrected chi connectivity index (χ2v) is 7.30. The van der Waals surface area contributed by atoms with E-state index in [9.17, 15) is 0 Å². The molecule has 0 N–H and O–H groups in total. The number of ether oxygens (including phenoxy) is 1. The minimum absolute atomic E-state index is 0.727. The molecule has 3 rings (SSSR count). The molecule has 3 aromatic rings. The lowest BCUT2D eigenvalue weighted by Gasteiger charge is -2.24. The lowest BCUT2D eigenvalue weighted by molar-refractivity contribution is 0.402. The number of rotatable bonds is 9. The van der Waals surface area contributed by atoms with Crippen LogP contribution in [0.5, 0.6) is 5.75 Å². The molecule has 5 heteroatoms. The molecule has 1 heterocycles. The molecule has 0 aliphatic heterocycles. The quantitative estimate of drug-likeness (QED) is 0.525. The molecule has 0 saturated heterocycles. The minimum Gasteiger partial charge on any atom is -0.497 e. The van der Waals surface area contributed by atoms with Crippen LogP contribution in [0.3, 0.4) is 0 Å². The van der Waals surface area contributed by atoms with Gasteiger partial charge in [0.2, 0.25) is 5.95 Å². The van der Waals surface area contributed by atoms with Crippen molar-refractivity contribution in [1.29, 1.82) is 0 Å². The molecule has 1 aromatic heterocycles. The van der Waals surface area contributed by atoms with E-state index in [1.165, 1.54) is 5.56 Å². The number of benzene rings is 2. The lowest BCUT2D eigenvalue weighted by atomic mass is 10.1. The van der Waals surface area contributed by atoms with Gasteiger partial charge in [0.1, 0.15) is 5.75 Å². The maximum atomic E-state index is 5.27. The average molecular weight is 391 g/mol. The Morgan fingerprint density at radius 2 is 1.76 bits per heavy atom. The van der Waals surface area contributed by atoms with Gasteiger partial charge in [-0.2, -0.15) is 0 Å². The van der Waals surface area contributed by atoms with Gasteiger partial charge >= 0.3 is 0 Å². The Bertz CT molecular complexity index is 909. The predicted molar refractivity (Wildman–Crippen MR) is 120 cm³/mol. The molecule has 5 nitrogen and oxygen atoms in total. The van der Waals surface area contributed by atoms with Crippen LogP contribution in [0.2, 0.25) is 0 Å². The third-order valence-corrected chi connectivity index (χ3v) is 4.89. The van der Waals surface area contributed by atoms with Gasteiger partial charge in [-0.1, -0.05) is 19.1 Å². The van der Waals surface area contributed by atoms with E-state index in [1.807, 2.05) is 36.5 Å². The Morgan fingerprint density at radius 3 is 2.45 bits per heavy atom. The zero-order chi connectivity index (χ0) is 20.6. The van der Waals surface area contributed by atoms with Crippen LogP contribution in [0, 0.1) is 0 Å². The number of aryl methyl sites for hydroxylation is 1. The van der Waals surface area contributed by atoms with Crippen molar-refractivity contribution in [3.8, 4) is 17.0 Å². The van der Waals surface area contributed by atoms with E-state index < -0.39 is 0 Å². The molecule has 0 fully saturated rings. The van der Waals surface area contributed by atoms with E-state index in [0.29, 0.717) is 0 Å². The highest BCUT2D eigenvalue weighted by Crippen LogP contribution is 2.27. The van der Waals surface area contributed by atoms with Gasteiger partial charge in [0, 0.05) is 24.0 Å². The summed E-state index contributed by atoms with van der Waals surface area (Å²) in [5, 5.41) is 0. The number of aromatic nitrogens is 2. The zero-order valence-corrected chi connectivity index (χ0v) is 17.8. The van der Waals surface area contributed by atoms with Crippen molar-refractivity contribution in [2.24, 2.45) is 0 Å². The summed E-state index contributed by atoms with van der Waals surface area (Å²) in [7, 11) is 5.87. The summed E-state index contributed by atoms with van der Waals surface area (Å²) in [5.41, 5.74) is 4.40. The summed E-state index contributed by atoms with van der Waals surface area (Å²) in [5.74, 6) is 1.56. The normalized spacial score (nSPS) is 10.9. The first kappa shape index (κ1) is 20.8. The lowest BCUT2D eigenvalue weighted by Crippen LogP contribution is -2.24. The van der Waals surface area contributed by atoms with Crippen LogP contribution in [0.15, 0.2) is 60.8 Å². The van der Waals surface area contributed by atoms with Crippen molar-refractivity contribution in [2.45, 2.75) is 19.8 Å². The molecule has 0 aliphatic carbocycles. The fraction of sp³-hybridized carbons (Fsp3) is 0.333. The number of anilines is 2. The van der Waals surface area contributed by atoms with Gasteiger partial charge in [-0.15, -0.1) is 0 Å². The Morgan fingerprint density at radius 1 is 0.966 bits per heavy atom. The van der Waals surface area contributed by atoms with Crippen LogP contribution in [-0.2, 0) is 6.42 Å². The predicted octanol–water partition coefficient (Wildman–Crippen LogP) is 4.80. The van der Waals surface area contributed by atoms with E-state index in [0.717, 1.165) is 54.6 Å². The van der Waals surface area contributed by atoms with Gasteiger partial charge in [0.05, 0.1) is 12.8 Å². The molecule has 0 bridgehead atoms. The molecule has 0 spiro atoms. The SMILES string of the molecule is CCc1cccc(N(CCCN(C)C)c2nccc(-c3ccc(OC)cc3)n2)c1. The highest BCUT2D eigenvalue weighted by atomic mass is 16.5. The molecule has 0 radical (unpaired) electrons.